The predicted octanol–water partition coefficient (Wildman–Crippen LogP) is 0.840. The van der Waals surface area contributed by atoms with E-state index in [1.165, 1.54) is 0 Å². The second-order valence-corrected chi connectivity index (χ2v) is 6.33. The first kappa shape index (κ1) is 13.2. The van der Waals surface area contributed by atoms with Crippen LogP contribution in [-0.2, 0) is 10.0 Å². The summed E-state index contributed by atoms with van der Waals surface area (Å²) in [5.41, 5.74) is -0.570. The highest BCUT2D eigenvalue weighted by atomic mass is 35.5. The van der Waals surface area contributed by atoms with Gasteiger partial charge in [-0.25, -0.2) is 13.1 Å². The average Bonchev–Trinajstić information content (AvgIpc) is 2.12. The van der Waals surface area contributed by atoms with Crippen LogP contribution < -0.4 is 4.72 Å². The van der Waals surface area contributed by atoms with Gasteiger partial charge in [-0.05, 0) is 32.1 Å². The molecule has 0 bridgehead atoms. The third-order valence-corrected chi connectivity index (χ3v) is 4.62. The normalized spacial score (nSPS) is 19.9. The third kappa shape index (κ3) is 3.90. The lowest BCUT2D eigenvalue weighted by Crippen LogP contribution is -2.56. The van der Waals surface area contributed by atoms with E-state index in [4.69, 9.17) is 16.7 Å². The molecule has 0 radical (unpaired) electrons. The Morgan fingerprint density at radius 1 is 1.33 bits per heavy atom. The van der Waals surface area contributed by atoms with Crippen LogP contribution in [0.2, 0.25) is 0 Å². The van der Waals surface area contributed by atoms with Gasteiger partial charge in [0.05, 0.1) is 17.9 Å². The lowest BCUT2D eigenvalue weighted by molar-refractivity contribution is 0.110. The van der Waals surface area contributed by atoms with Crippen LogP contribution in [0.15, 0.2) is 0 Å². The number of unbranched alkanes of at least 4 members (excludes halogenated alkanes) is 1. The number of sulfonamides is 1. The van der Waals surface area contributed by atoms with Crippen LogP contribution >= 0.6 is 11.6 Å². The standard InChI is InChI=1S/C9H18ClNO3S/c10-6-1-2-7-15(13,14)11-9(8-12)4-3-5-9/h11-12H,1-8H2. The fourth-order valence-electron chi connectivity index (χ4n) is 1.66. The maximum atomic E-state index is 11.6. The number of halogens is 1. The highest BCUT2D eigenvalue weighted by Gasteiger charge is 2.39. The van der Waals surface area contributed by atoms with Crippen molar-refractivity contribution in [3.8, 4) is 0 Å². The number of nitrogens with one attached hydrogen (secondary N) is 1. The Hall–Kier alpha value is 0.160. The highest BCUT2D eigenvalue weighted by molar-refractivity contribution is 7.89. The molecule has 6 heteroatoms. The first-order valence-electron chi connectivity index (χ1n) is 5.22. The van der Waals surface area contributed by atoms with Crippen LogP contribution in [0.4, 0.5) is 0 Å². The number of alkyl halides is 1. The van der Waals surface area contributed by atoms with Gasteiger partial charge in [0.2, 0.25) is 10.0 Å². The van der Waals surface area contributed by atoms with Gasteiger partial charge in [-0.1, -0.05) is 0 Å². The summed E-state index contributed by atoms with van der Waals surface area (Å²) in [5, 5.41) is 9.12. The minimum Gasteiger partial charge on any atom is -0.394 e. The Kier molecular flexibility index (Phi) is 4.83. The van der Waals surface area contributed by atoms with Crippen molar-refractivity contribution in [3.63, 3.8) is 0 Å². The van der Waals surface area contributed by atoms with Crippen molar-refractivity contribution in [3.05, 3.63) is 0 Å². The van der Waals surface area contributed by atoms with Crippen molar-refractivity contribution in [1.82, 2.24) is 4.72 Å². The molecule has 1 rings (SSSR count). The summed E-state index contributed by atoms with van der Waals surface area (Å²) in [6, 6.07) is 0. The number of aliphatic hydroxyl groups is 1. The molecule has 2 N–H and O–H groups in total. The zero-order valence-electron chi connectivity index (χ0n) is 8.71. The largest absolute Gasteiger partial charge is 0.394 e. The molecule has 0 amide bonds. The fraction of sp³-hybridized carbons (Fsp3) is 1.00. The van der Waals surface area contributed by atoms with Gasteiger partial charge in [0.15, 0.2) is 0 Å². The van der Waals surface area contributed by atoms with Gasteiger partial charge in [-0.3, -0.25) is 0 Å². The van der Waals surface area contributed by atoms with E-state index in [2.05, 4.69) is 4.72 Å². The maximum Gasteiger partial charge on any atom is 0.212 e. The van der Waals surface area contributed by atoms with Gasteiger partial charge in [0.1, 0.15) is 0 Å². The summed E-state index contributed by atoms with van der Waals surface area (Å²) in [6.07, 6.45) is 3.72. The van der Waals surface area contributed by atoms with Crippen molar-refractivity contribution in [1.29, 1.82) is 0 Å². The number of aliphatic hydroxyl groups excluding tert-OH is 1. The zero-order valence-corrected chi connectivity index (χ0v) is 10.3. The second kappa shape index (κ2) is 5.48. The van der Waals surface area contributed by atoms with E-state index >= 15 is 0 Å². The first-order chi connectivity index (χ1) is 7.04. The van der Waals surface area contributed by atoms with Crippen LogP contribution in [0.1, 0.15) is 32.1 Å². The molecule has 1 aliphatic carbocycles. The van der Waals surface area contributed by atoms with Gasteiger partial charge in [-0.15, -0.1) is 11.6 Å². The van der Waals surface area contributed by atoms with Crippen LogP contribution in [-0.4, -0.2) is 37.3 Å². The second-order valence-electron chi connectivity index (χ2n) is 4.11. The molecule has 0 aromatic rings. The maximum absolute atomic E-state index is 11.6. The Labute approximate surface area is 96.1 Å². The van der Waals surface area contributed by atoms with Crippen LogP contribution in [0.3, 0.4) is 0 Å². The van der Waals surface area contributed by atoms with Crippen molar-refractivity contribution in [2.75, 3.05) is 18.2 Å². The first-order valence-corrected chi connectivity index (χ1v) is 7.41. The van der Waals surface area contributed by atoms with Crippen molar-refractivity contribution in [2.45, 2.75) is 37.6 Å². The van der Waals surface area contributed by atoms with Crippen LogP contribution in [0, 0.1) is 0 Å². The Morgan fingerprint density at radius 3 is 2.40 bits per heavy atom. The van der Waals surface area contributed by atoms with E-state index in [1.54, 1.807) is 0 Å². The average molecular weight is 256 g/mol. The molecule has 0 aromatic heterocycles. The molecule has 1 aliphatic rings. The van der Waals surface area contributed by atoms with E-state index in [0.29, 0.717) is 18.7 Å². The summed E-state index contributed by atoms with van der Waals surface area (Å²) in [5.74, 6) is 0.585. The van der Waals surface area contributed by atoms with Crippen LogP contribution in [0.5, 0.6) is 0 Å². The van der Waals surface area contributed by atoms with Gasteiger partial charge in [0, 0.05) is 5.88 Å². The highest BCUT2D eigenvalue weighted by Crippen LogP contribution is 2.31. The number of hydrogen-bond donors (Lipinski definition) is 2. The molecule has 1 fully saturated rings. The summed E-state index contributed by atoms with van der Waals surface area (Å²) in [4.78, 5) is 0. The molecule has 4 nitrogen and oxygen atoms in total. The van der Waals surface area contributed by atoms with Gasteiger partial charge in [0.25, 0.3) is 0 Å². The molecular weight excluding hydrogens is 238 g/mol. The Bertz CT molecular complexity index is 282. The van der Waals surface area contributed by atoms with E-state index in [-0.39, 0.29) is 12.4 Å². The minimum atomic E-state index is -3.25. The molecule has 0 atom stereocenters. The van der Waals surface area contributed by atoms with Gasteiger partial charge in [-0.2, -0.15) is 0 Å². The summed E-state index contributed by atoms with van der Waals surface area (Å²) in [6.45, 7) is -0.109. The molecule has 0 aromatic carbocycles. The van der Waals surface area contributed by atoms with Gasteiger partial charge < -0.3 is 5.11 Å². The molecule has 0 unspecified atom stereocenters. The van der Waals surface area contributed by atoms with Crippen molar-refractivity contribution >= 4 is 21.6 Å². The SMILES string of the molecule is O=S(=O)(CCCCCl)NC1(CO)CCC1. The molecule has 1 saturated carbocycles. The monoisotopic (exact) mass is 255 g/mol. The molecule has 0 heterocycles. The molecular formula is C9H18ClNO3S. The van der Waals surface area contributed by atoms with Crippen molar-refractivity contribution < 1.29 is 13.5 Å². The smallest absolute Gasteiger partial charge is 0.212 e. The number of hydrogen-bond acceptors (Lipinski definition) is 3. The van der Waals surface area contributed by atoms with E-state index in [9.17, 15) is 8.42 Å². The van der Waals surface area contributed by atoms with E-state index in [0.717, 1.165) is 19.3 Å². The zero-order chi connectivity index (χ0) is 11.4. The molecule has 0 saturated heterocycles. The summed E-state index contributed by atoms with van der Waals surface area (Å²) >= 11 is 5.47. The molecule has 0 spiro atoms. The Morgan fingerprint density at radius 2 is 2.00 bits per heavy atom. The van der Waals surface area contributed by atoms with Gasteiger partial charge >= 0.3 is 0 Å². The lowest BCUT2D eigenvalue weighted by atomic mass is 9.78. The minimum absolute atomic E-state index is 0.0987. The molecule has 90 valence electrons. The summed E-state index contributed by atoms with van der Waals surface area (Å²) < 4.78 is 25.8. The van der Waals surface area contributed by atoms with Crippen LogP contribution in [0.25, 0.3) is 0 Å². The lowest BCUT2D eigenvalue weighted by Gasteiger charge is -2.40. The molecule has 0 aliphatic heterocycles. The Balaban J connectivity index is 2.41. The quantitative estimate of drug-likeness (QED) is 0.523. The third-order valence-electron chi connectivity index (χ3n) is 2.78. The van der Waals surface area contributed by atoms with E-state index < -0.39 is 15.6 Å². The fourth-order valence-corrected chi connectivity index (χ4v) is 3.47. The van der Waals surface area contributed by atoms with E-state index in [1.807, 2.05) is 0 Å². The molecule has 15 heavy (non-hydrogen) atoms. The summed E-state index contributed by atoms with van der Waals surface area (Å²) in [7, 11) is -3.25. The predicted molar refractivity (Wildman–Crippen MR) is 60.5 cm³/mol. The topological polar surface area (TPSA) is 66.4 Å². The number of rotatable bonds is 7. The van der Waals surface area contributed by atoms with Crippen molar-refractivity contribution in [2.24, 2.45) is 0 Å².